The molecule has 5 nitrogen and oxygen atoms in total. The third-order valence-electron chi connectivity index (χ3n) is 1.73. The zero-order valence-corrected chi connectivity index (χ0v) is 10.7. The van der Waals surface area contributed by atoms with E-state index < -0.39 is 17.6 Å². The lowest BCUT2D eigenvalue weighted by Crippen LogP contribution is -2.33. The summed E-state index contributed by atoms with van der Waals surface area (Å²) in [6, 6.07) is -0.803. The molecular weight excluding hydrogens is 222 g/mol. The third-order valence-corrected chi connectivity index (χ3v) is 1.73. The first kappa shape index (κ1) is 15.6. The summed E-state index contributed by atoms with van der Waals surface area (Å²) in [6.45, 7) is 8.88. The van der Waals surface area contributed by atoms with E-state index in [0.717, 1.165) is 0 Å². The molecule has 0 unspecified atom stereocenters. The fourth-order valence-corrected chi connectivity index (χ4v) is 1.03. The van der Waals surface area contributed by atoms with Crippen LogP contribution < -0.4 is 5.73 Å². The van der Waals surface area contributed by atoms with Gasteiger partial charge in [-0.25, -0.2) is 0 Å². The van der Waals surface area contributed by atoms with Crippen LogP contribution in [0, 0.1) is 0 Å². The molecule has 0 rings (SSSR count). The molecule has 0 aromatic heterocycles. The lowest BCUT2D eigenvalue weighted by Gasteiger charge is -2.19. The highest BCUT2D eigenvalue weighted by atomic mass is 16.6. The Morgan fingerprint density at radius 2 is 2.00 bits per heavy atom. The number of carbonyl (C=O) groups is 2. The Kier molecular flexibility index (Phi) is 6.50. The predicted octanol–water partition coefficient (Wildman–Crippen LogP) is 1.16. The van der Waals surface area contributed by atoms with Crippen molar-refractivity contribution in [2.45, 2.75) is 45.3 Å². The summed E-state index contributed by atoms with van der Waals surface area (Å²) in [5, 5.41) is 0. The zero-order chi connectivity index (χ0) is 13.5. The van der Waals surface area contributed by atoms with E-state index in [0.29, 0.717) is 0 Å². The quantitative estimate of drug-likeness (QED) is 0.559. The van der Waals surface area contributed by atoms with Crippen molar-refractivity contribution in [3.8, 4) is 0 Å². The van der Waals surface area contributed by atoms with Crippen molar-refractivity contribution in [1.29, 1.82) is 0 Å². The zero-order valence-electron chi connectivity index (χ0n) is 10.7. The number of hydrogen-bond acceptors (Lipinski definition) is 5. The first-order valence-corrected chi connectivity index (χ1v) is 5.51. The van der Waals surface area contributed by atoms with Crippen LogP contribution in [0.5, 0.6) is 0 Å². The largest absolute Gasteiger partial charge is 0.460 e. The van der Waals surface area contributed by atoms with Crippen LogP contribution in [0.15, 0.2) is 12.7 Å². The van der Waals surface area contributed by atoms with Crippen LogP contribution in [0.2, 0.25) is 0 Å². The van der Waals surface area contributed by atoms with E-state index in [1.807, 2.05) is 0 Å². The van der Waals surface area contributed by atoms with E-state index in [9.17, 15) is 9.59 Å². The number of ether oxygens (including phenoxy) is 2. The maximum absolute atomic E-state index is 11.4. The molecule has 2 N–H and O–H groups in total. The number of nitrogens with two attached hydrogens (primary N) is 1. The van der Waals surface area contributed by atoms with Crippen LogP contribution in [0.4, 0.5) is 0 Å². The van der Waals surface area contributed by atoms with Gasteiger partial charge in [-0.2, -0.15) is 0 Å². The first-order chi connectivity index (χ1) is 7.76. The maximum atomic E-state index is 11.4. The van der Waals surface area contributed by atoms with Crippen LogP contribution in [0.1, 0.15) is 33.6 Å². The number of rotatable bonds is 6. The number of carbonyl (C=O) groups excluding carboxylic acids is 2. The highest BCUT2D eigenvalue weighted by molar-refractivity contribution is 5.77. The van der Waals surface area contributed by atoms with Gasteiger partial charge in [0.25, 0.3) is 0 Å². The van der Waals surface area contributed by atoms with Crippen LogP contribution in [0.3, 0.4) is 0 Å². The van der Waals surface area contributed by atoms with Crippen LogP contribution in [-0.4, -0.2) is 30.2 Å². The Bertz CT molecular complexity index is 281. The lowest BCUT2D eigenvalue weighted by atomic mass is 10.1. The molecule has 0 aliphatic heterocycles. The van der Waals surface area contributed by atoms with Crippen molar-refractivity contribution in [3.63, 3.8) is 0 Å². The Hall–Kier alpha value is -1.36. The van der Waals surface area contributed by atoms with Gasteiger partial charge < -0.3 is 15.2 Å². The summed E-state index contributed by atoms with van der Waals surface area (Å²) in [5.41, 5.74) is 5.03. The molecule has 0 aliphatic rings. The van der Waals surface area contributed by atoms with Crippen molar-refractivity contribution in [2.75, 3.05) is 6.61 Å². The van der Waals surface area contributed by atoms with E-state index in [2.05, 4.69) is 6.58 Å². The molecule has 0 aliphatic carbocycles. The Labute approximate surface area is 102 Å². The van der Waals surface area contributed by atoms with Crippen molar-refractivity contribution in [3.05, 3.63) is 12.7 Å². The van der Waals surface area contributed by atoms with E-state index in [1.54, 1.807) is 20.8 Å². The van der Waals surface area contributed by atoms with E-state index >= 15 is 0 Å². The molecule has 1 atom stereocenters. The molecule has 0 radical (unpaired) electrons. The molecule has 0 heterocycles. The number of hydrogen-bond donors (Lipinski definition) is 1. The number of esters is 2. The van der Waals surface area contributed by atoms with Gasteiger partial charge in [0.15, 0.2) is 0 Å². The molecule has 0 aromatic carbocycles. The van der Waals surface area contributed by atoms with Gasteiger partial charge >= 0.3 is 11.9 Å². The normalized spacial score (nSPS) is 12.7. The monoisotopic (exact) mass is 243 g/mol. The van der Waals surface area contributed by atoms with Crippen molar-refractivity contribution < 1.29 is 19.1 Å². The van der Waals surface area contributed by atoms with Crippen LogP contribution in [0.25, 0.3) is 0 Å². The summed E-state index contributed by atoms with van der Waals surface area (Å²) < 4.78 is 9.84. The minimum Gasteiger partial charge on any atom is -0.460 e. The average Bonchev–Trinajstić information content (AvgIpc) is 2.20. The van der Waals surface area contributed by atoms with Gasteiger partial charge in [0.1, 0.15) is 18.2 Å². The second-order valence-electron chi connectivity index (χ2n) is 4.65. The molecule has 17 heavy (non-hydrogen) atoms. The van der Waals surface area contributed by atoms with Crippen molar-refractivity contribution in [1.82, 2.24) is 0 Å². The van der Waals surface area contributed by atoms with Gasteiger partial charge in [0.2, 0.25) is 0 Å². The molecular formula is C12H21NO4. The second-order valence-corrected chi connectivity index (χ2v) is 4.65. The highest BCUT2D eigenvalue weighted by Gasteiger charge is 2.20. The van der Waals surface area contributed by atoms with E-state index in [4.69, 9.17) is 15.2 Å². The minimum atomic E-state index is -0.803. The maximum Gasteiger partial charge on any atom is 0.323 e. The topological polar surface area (TPSA) is 78.6 Å². The molecule has 0 amide bonds. The van der Waals surface area contributed by atoms with Gasteiger partial charge in [-0.3, -0.25) is 9.59 Å². The SMILES string of the molecule is C=CCOC(=O)[C@H](N)CCC(=O)OC(C)(C)C. The molecule has 0 bridgehead atoms. The Morgan fingerprint density at radius 3 is 2.47 bits per heavy atom. The van der Waals surface area contributed by atoms with Crippen LogP contribution >= 0.6 is 0 Å². The molecule has 0 fully saturated rings. The molecule has 0 saturated carbocycles. The molecule has 0 saturated heterocycles. The summed E-state index contributed by atoms with van der Waals surface area (Å²) in [4.78, 5) is 22.6. The summed E-state index contributed by atoms with van der Waals surface area (Å²) in [6.07, 6.45) is 1.77. The van der Waals surface area contributed by atoms with Crippen molar-refractivity contribution >= 4 is 11.9 Å². The highest BCUT2D eigenvalue weighted by Crippen LogP contribution is 2.09. The van der Waals surface area contributed by atoms with Crippen LogP contribution in [-0.2, 0) is 19.1 Å². The van der Waals surface area contributed by atoms with Crippen molar-refractivity contribution in [2.24, 2.45) is 5.73 Å². The Morgan fingerprint density at radius 1 is 1.41 bits per heavy atom. The van der Waals surface area contributed by atoms with Gasteiger partial charge in [-0.15, -0.1) is 0 Å². The standard InChI is InChI=1S/C12H21NO4/c1-5-8-16-11(15)9(13)6-7-10(14)17-12(2,3)4/h5,9H,1,6-8,13H2,2-4H3/t9-/m1/s1. The van der Waals surface area contributed by atoms with Gasteiger partial charge in [-0.05, 0) is 27.2 Å². The summed E-state index contributed by atoms with van der Waals surface area (Å²) in [5.74, 6) is -0.905. The van der Waals surface area contributed by atoms with Gasteiger partial charge in [0, 0.05) is 6.42 Å². The first-order valence-electron chi connectivity index (χ1n) is 5.51. The fourth-order valence-electron chi connectivity index (χ4n) is 1.03. The summed E-state index contributed by atoms with van der Waals surface area (Å²) >= 11 is 0. The molecule has 0 spiro atoms. The minimum absolute atomic E-state index is 0.0988. The Balaban J connectivity index is 3.91. The molecule has 5 heteroatoms. The van der Waals surface area contributed by atoms with Gasteiger partial charge in [-0.1, -0.05) is 12.7 Å². The average molecular weight is 243 g/mol. The third kappa shape index (κ3) is 8.45. The lowest BCUT2D eigenvalue weighted by molar-refractivity contribution is -0.155. The predicted molar refractivity (Wildman–Crippen MR) is 64.2 cm³/mol. The van der Waals surface area contributed by atoms with E-state index in [1.165, 1.54) is 6.08 Å². The fraction of sp³-hybridized carbons (Fsp3) is 0.667. The summed E-state index contributed by atoms with van der Waals surface area (Å²) in [7, 11) is 0. The van der Waals surface area contributed by atoms with Gasteiger partial charge in [0.05, 0.1) is 0 Å². The molecule has 98 valence electrons. The smallest absolute Gasteiger partial charge is 0.323 e. The molecule has 0 aromatic rings. The second kappa shape index (κ2) is 7.06. The van der Waals surface area contributed by atoms with E-state index in [-0.39, 0.29) is 25.4 Å².